The van der Waals surface area contributed by atoms with Crippen molar-refractivity contribution in [1.82, 2.24) is 10.5 Å². The van der Waals surface area contributed by atoms with Crippen molar-refractivity contribution in [3.05, 3.63) is 41.7 Å². The maximum atomic E-state index is 12.4. The van der Waals surface area contributed by atoms with Crippen molar-refractivity contribution in [1.29, 1.82) is 0 Å². The molecule has 2 N–H and O–H groups in total. The number of nitrogens with zero attached hydrogens (tertiary/aromatic N) is 1. The molecule has 1 atom stereocenters. The Balaban J connectivity index is 2.02. The summed E-state index contributed by atoms with van der Waals surface area (Å²) in [4.78, 5) is 11.8. The molecule has 0 spiro atoms. The second-order valence-electron chi connectivity index (χ2n) is 4.56. The minimum absolute atomic E-state index is 0.0163. The number of aryl methyl sites for hydroxylation is 1. The Bertz CT molecular complexity index is 646. The number of carbonyl (C=O) groups excluding carboxylic acids is 1. The summed E-state index contributed by atoms with van der Waals surface area (Å²) in [5.41, 5.74) is 0.439. The van der Waals surface area contributed by atoms with Crippen LogP contribution in [-0.2, 0) is 0 Å². The average Bonchev–Trinajstić information content (AvgIpc) is 2.83. The molecule has 0 unspecified atom stereocenters. The number of ether oxygens (including phenoxy) is 1. The number of hydrogen-bond acceptors (Lipinski definition) is 4. The van der Waals surface area contributed by atoms with Crippen LogP contribution in [0.3, 0.4) is 0 Å². The molecule has 6 nitrogen and oxygen atoms in total. The highest BCUT2D eigenvalue weighted by atomic mass is 19.3. The molecule has 0 aliphatic rings. The topological polar surface area (TPSA) is 76.4 Å². The zero-order valence-electron chi connectivity index (χ0n) is 12.0. The van der Waals surface area contributed by atoms with Gasteiger partial charge in [-0.3, -0.25) is 5.32 Å². The molecule has 0 radical (unpaired) electrons. The third-order valence-electron chi connectivity index (χ3n) is 2.82. The molecule has 0 aliphatic heterocycles. The van der Waals surface area contributed by atoms with Gasteiger partial charge in [-0.25, -0.2) is 4.79 Å². The number of rotatable bonds is 5. The van der Waals surface area contributed by atoms with Crippen LogP contribution >= 0.6 is 0 Å². The lowest BCUT2D eigenvalue weighted by Gasteiger charge is -2.17. The van der Waals surface area contributed by atoms with Gasteiger partial charge in [0.05, 0.1) is 6.04 Å². The zero-order valence-corrected chi connectivity index (χ0v) is 12.0. The van der Waals surface area contributed by atoms with Gasteiger partial charge < -0.3 is 14.6 Å². The summed E-state index contributed by atoms with van der Waals surface area (Å²) in [5.74, 6) is 0.834. The number of hydrogen-bond donors (Lipinski definition) is 2. The van der Waals surface area contributed by atoms with E-state index in [4.69, 9.17) is 4.52 Å². The first-order valence-electron chi connectivity index (χ1n) is 6.50. The predicted octanol–water partition coefficient (Wildman–Crippen LogP) is 3.47. The molecule has 2 amide bonds. The first-order valence-corrected chi connectivity index (χ1v) is 6.50. The van der Waals surface area contributed by atoms with Gasteiger partial charge in [-0.2, -0.15) is 8.78 Å². The quantitative estimate of drug-likeness (QED) is 0.886. The molecule has 0 bridgehead atoms. The van der Waals surface area contributed by atoms with Crippen molar-refractivity contribution < 1.29 is 22.8 Å². The van der Waals surface area contributed by atoms with Crippen LogP contribution in [0, 0.1) is 6.92 Å². The van der Waals surface area contributed by atoms with Crippen LogP contribution in [0.25, 0.3) is 0 Å². The molecular formula is C14H15F2N3O3. The summed E-state index contributed by atoms with van der Waals surface area (Å²) >= 11 is 0. The number of carbonyl (C=O) groups is 1. The van der Waals surface area contributed by atoms with Crippen molar-refractivity contribution in [3.8, 4) is 5.75 Å². The van der Waals surface area contributed by atoms with E-state index in [1.165, 1.54) is 6.07 Å². The maximum absolute atomic E-state index is 12.4. The Labute approximate surface area is 125 Å². The second kappa shape index (κ2) is 6.88. The molecule has 0 aliphatic carbocycles. The van der Waals surface area contributed by atoms with E-state index >= 15 is 0 Å². The van der Waals surface area contributed by atoms with Gasteiger partial charge in [-0.05, 0) is 19.9 Å². The summed E-state index contributed by atoms with van der Waals surface area (Å²) in [5, 5.41) is 8.71. The van der Waals surface area contributed by atoms with Gasteiger partial charge >= 0.3 is 12.6 Å². The Morgan fingerprint density at radius 2 is 2.09 bits per heavy atom. The van der Waals surface area contributed by atoms with E-state index in [1.807, 2.05) is 0 Å². The summed E-state index contributed by atoms with van der Waals surface area (Å²) < 4.78 is 34.0. The van der Waals surface area contributed by atoms with Gasteiger partial charge in [0.1, 0.15) is 11.5 Å². The lowest BCUT2D eigenvalue weighted by molar-refractivity contribution is -0.0506. The van der Waals surface area contributed by atoms with Gasteiger partial charge in [0, 0.05) is 11.6 Å². The van der Waals surface area contributed by atoms with Crippen LogP contribution in [0.1, 0.15) is 24.3 Å². The monoisotopic (exact) mass is 311 g/mol. The Morgan fingerprint density at radius 3 is 2.73 bits per heavy atom. The molecular weight excluding hydrogens is 296 g/mol. The normalized spacial score (nSPS) is 12.0. The molecule has 1 aromatic heterocycles. The van der Waals surface area contributed by atoms with Gasteiger partial charge in [0.25, 0.3) is 0 Å². The van der Waals surface area contributed by atoms with E-state index in [2.05, 4.69) is 20.5 Å². The van der Waals surface area contributed by atoms with Gasteiger partial charge in [0.15, 0.2) is 5.82 Å². The van der Waals surface area contributed by atoms with Crippen molar-refractivity contribution in [2.75, 3.05) is 5.32 Å². The lowest BCUT2D eigenvalue weighted by atomic mass is 10.1. The minimum atomic E-state index is -2.93. The maximum Gasteiger partial charge on any atom is 0.387 e. The third-order valence-corrected chi connectivity index (χ3v) is 2.82. The Kier molecular flexibility index (Phi) is 4.92. The first kappa shape index (κ1) is 15.7. The van der Waals surface area contributed by atoms with Crippen LogP contribution < -0.4 is 15.4 Å². The molecule has 0 saturated heterocycles. The van der Waals surface area contributed by atoms with Crippen molar-refractivity contribution in [2.24, 2.45) is 0 Å². The summed E-state index contributed by atoms with van der Waals surface area (Å²) in [6.07, 6.45) is 0. The van der Waals surface area contributed by atoms with Crippen LogP contribution in [0.4, 0.5) is 19.4 Å². The molecule has 0 saturated carbocycles. The fourth-order valence-corrected chi connectivity index (χ4v) is 1.89. The highest BCUT2D eigenvalue weighted by molar-refractivity contribution is 5.88. The van der Waals surface area contributed by atoms with Gasteiger partial charge in [0.2, 0.25) is 0 Å². The van der Waals surface area contributed by atoms with Gasteiger partial charge in [-0.1, -0.05) is 23.4 Å². The second-order valence-corrected chi connectivity index (χ2v) is 4.56. The molecule has 8 heteroatoms. The van der Waals surface area contributed by atoms with Crippen LogP contribution in [0.5, 0.6) is 5.75 Å². The van der Waals surface area contributed by atoms with E-state index in [-0.39, 0.29) is 11.6 Å². The lowest BCUT2D eigenvalue weighted by Crippen LogP contribution is -2.31. The number of aromatic nitrogens is 1. The minimum Gasteiger partial charge on any atom is -0.434 e. The number of para-hydroxylation sites is 1. The summed E-state index contributed by atoms with van der Waals surface area (Å²) in [6.45, 7) is 0.415. The Hall–Kier alpha value is -2.64. The number of benzene rings is 1. The van der Waals surface area contributed by atoms with E-state index < -0.39 is 18.7 Å². The number of alkyl halides is 2. The Morgan fingerprint density at radius 1 is 1.36 bits per heavy atom. The van der Waals surface area contributed by atoms with Crippen LogP contribution in [-0.4, -0.2) is 17.8 Å². The smallest absolute Gasteiger partial charge is 0.387 e. The molecule has 1 heterocycles. The van der Waals surface area contributed by atoms with E-state index in [0.717, 1.165) is 0 Å². The van der Waals surface area contributed by atoms with Crippen molar-refractivity contribution in [2.45, 2.75) is 26.5 Å². The third kappa shape index (κ3) is 4.18. The molecule has 1 aromatic carbocycles. The SMILES string of the molecule is Cc1cc(NC(=O)N[C@@H](C)c2ccccc2OC(F)F)no1. The summed E-state index contributed by atoms with van der Waals surface area (Å²) in [7, 11) is 0. The molecule has 2 aromatic rings. The van der Waals surface area contributed by atoms with Crippen LogP contribution in [0.15, 0.2) is 34.9 Å². The average molecular weight is 311 g/mol. The standard InChI is InChI=1S/C14H15F2N3O3/c1-8-7-12(19-22-8)18-14(20)17-9(2)10-5-3-4-6-11(10)21-13(15)16/h3-7,9,13H,1-2H3,(H2,17,18,19,20)/t9-/m0/s1. The number of amides is 2. The number of anilines is 1. The fourth-order valence-electron chi connectivity index (χ4n) is 1.89. The number of nitrogens with one attached hydrogen (secondary N) is 2. The van der Waals surface area contributed by atoms with E-state index in [1.54, 1.807) is 38.1 Å². The molecule has 0 fully saturated rings. The molecule has 118 valence electrons. The van der Waals surface area contributed by atoms with Crippen LogP contribution in [0.2, 0.25) is 0 Å². The van der Waals surface area contributed by atoms with E-state index in [0.29, 0.717) is 11.3 Å². The molecule has 2 rings (SSSR count). The highest BCUT2D eigenvalue weighted by Gasteiger charge is 2.16. The highest BCUT2D eigenvalue weighted by Crippen LogP contribution is 2.26. The number of urea groups is 1. The zero-order chi connectivity index (χ0) is 16.1. The van der Waals surface area contributed by atoms with E-state index in [9.17, 15) is 13.6 Å². The first-order chi connectivity index (χ1) is 10.5. The van der Waals surface area contributed by atoms with Gasteiger partial charge in [-0.15, -0.1) is 0 Å². The molecule has 22 heavy (non-hydrogen) atoms. The largest absolute Gasteiger partial charge is 0.434 e. The predicted molar refractivity (Wildman–Crippen MR) is 74.9 cm³/mol. The number of halogens is 2. The van der Waals surface area contributed by atoms with Crippen molar-refractivity contribution >= 4 is 11.8 Å². The summed E-state index contributed by atoms with van der Waals surface area (Å²) in [6, 6.07) is 6.74. The van der Waals surface area contributed by atoms with Crippen molar-refractivity contribution in [3.63, 3.8) is 0 Å². The fraction of sp³-hybridized carbons (Fsp3) is 0.286.